The van der Waals surface area contributed by atoms with Gasteiger partial charge >= 0.3 is 0 Å². The number of nitrogens with two attached hydrogens (primary N) is 1. The Kier molecular flexibility index (Phi) is 4.16. The fourth-order valence-corrected chi connectivity index (χ4v) is 1.98. The van der Waals surface area contributed by atoms with E-state index in [1.54, 1.807) is 36.4 Å². The minimum absolute atomic E-state index is 0.308. The van der Waals surface area contributed by atoms with Crippen molar-refractivity contribution in [3.8, 4) is 0 Å². The predicted molar refractivity (Wildman–Crippen MR) is 76.4 cm³/mol. The van der Waals surface area contributed by atoms with Crippen LogP contribution in [0.15, 0.2) is 46.9 Å². The molecule has 0 spiro atoms. The molecule has 3 nitrogen and oxygen atoms in total. The Morgan fingerprint density at radius 2 is 1.89 bits per heavy atom. The van der Waals surface area contributed by atoms with Crippen LogP contribution in [0.5, 0.6) is 0 Å². The molecule has 19 heavy (non-hydrogen) atoms. The lowest BCUT2D eigenvalue weighted by atomic mass is 10.1. The van der Waals surface area contributed by atoms with E-state index in [-0.39, 0.29) is 5.82 Å². The second kappa shape index (κ2) is 5.84. The smallest absolute Gasteiger partial charge is 0.248 e. The van der Waals surface area contributed by atoms with E-state index < -0.39 is 5.91 Å². The number of anilines is 1. The molecule has 0 radical (unpaired) electrons. The quantitative estimate of drug-likeness (QED) is 0.907. The molecule has 2 rings (SSSR count). The third-order valence-electron chi connectivity index (χ3n) is 2.65. The summed E-state index contributed by atoms with van der Waals surface area (Å²) in [6.07, 6.45) is 0. The van der Waals surface area contributed by atoms with E-state index in [4.69, 9.17) is 5.73 Å². The third kappa shape index (κ3) is 3.54. The van der Waals surface area contributed by atoms with Crippen LogP contribution in [0.4, 0.5) is 10.1 Å². The van der Waals surface area contributed by atoms with Gasteiger partial charge in [0.05, 0.1) is 5.69 Å². The van der Waals surface area contributed by atoms with Gasteiger partial charge in [0.1, 0.15) is 5.82 Å². The van der Waals surface area contributed by atoms with Crippen LogP contribution in [0, 0.1) is 5.82 Å². The summed E-state index contributed by atoms with van der Waals surface area (Å²) in [7, 11) is 0. The summed E-state index contributed by atoms with van der Waals surface area (Å²) in [5.41, 5.74) is 6.97. The zero-order chi connectivity index (χ0) is 13.8. The topological polar surface area (TPSA) is 55.1 Å². The number of hydrogen-bond acceptors (Lipinski definition) is 2. The van der Waals surface area contributed by atoms with Crippen LogP contribution in [0.1, 0.15) is 15.9 Å². The zero-order valence-electron chi connectivity index (χ0n) is 9.99. The Balaban J connectivity index is 2.06. The van der Waals surface area contributed by atoms with E-state index in [1.165, 1.54) is 6.07 Å². The van der Waals surface area contributed by atoms with Crippen LogP contribution in [0.3, 0.4) is 0 Å². The maximum atomic E-state index is 13.5. The number of halogens is 2. The van der Waals surface area contributed by atoms with Crippen LogP contribution in [-0.4, -0.2) is 5.91 Å². The normalized spacial score (nSPS) is 10.2. The summed E-state index contributed by atoms with van der Waals surface area (Å²) in [4.78, 5) is 10.9. The first-order valence-electron chi connectivity index (χ1n) is 5.64. The molecule has 98 valence electrons. The number of hydrogen-bond donors (Lipinski definition) is 2. The first-order valence-corrected chi connectivity index (χ1v) is 6.43. The molecule has 2 aromatic carbocycles. The largest absolute Gasteiger partial charge is 0.379 e. The highest BCUT2D eigenvalue weighted by molar-refractivity contribution is 9.10. The molecule has 0 aliphatic carbocycles. The lowest BCUT2D eigenvalue weighted by molar-refractivity contribution is 0.100. The molecule has 0 bridgehead atoms. The van der Waals surface area contributed by atoms with Crippen molar-refractivity contribution in [3.05, 3.63) is 63.9 Å². The van der Waals surface area contributed by atoms with Crippen molar-refractivity contribution in [1.82, 2.24) is 0 Å². The third-order valence-corrected chi connectivity index (χ3v) is 3.14. The molecule has 0 aliphatic heterocycles. The van der Waals surface area contributed by atoms with Gasteiger partial charge in [-0.15, -0.1) is 0 Å². The first kappa shape index (κ1) is 13.5. The van der Waals surface area contributed by atoms with E-state index in [0.29, 0.717) is 17.8 Å². The summed E-state index contributed by atoms with van der Waals surface area (Å²) in [6, 6.07) is 11.6. The number of amides is 1. The van der Waals surface area contributed by atoms with Crippen molar-refractivity contribution in [1.29, 1.82) is 0 Å². The summed E-state index contributed by atoms with van der Waals surface area (Å²) in [6.45, 7) is 0.465. The molecule has 0 heterocycles. The Bertz CT molecular complexity index is 599. The Morgan fingerprint density at radius 1 is 1.21 bits per heavy atom. The van der Waals surface area contributed by atoms with Gasteiger partial charge in [-0.05, 0) is 35.9 Å². The Hall–Kier alpha value is -1.88. The van der Waals surface area contributed by atoms with Gasteiger partial charge in [0, 0.05) is 16.6 Å². The van der Waals surface area contributed by atoms with E-state index >= 15 is 0 Å². The molecule has 0 unspecified atom stereocenters. The van der Waals surface area contributed by atoms with Gasteiger partial charge < -0.3 is 11.1 Å². The number of carbonyl (C=O) groups is 1. The van der Waals surface area contributed by atoms with Crippen LogP contribution in [0.2, 0.25) is 0 Å². The van der Waals surface area contributed by atoms with Gasteiger partial charge in [-0.1, -0.05) is 28.1 Å². The van der Waals surface area contributed by atoms with Gasteiger partial charge in [0.25, 0.3) is 0 Å². The minimum atomic E-state index is -0.461. The average molecular weight is 323 g/mol. The molecular weight excluding hydrogens is 311 g/mol. The summed E-state index contributed by atoms with van der Waals surface area (Å²) < 4.78 is 14.3. The Labute approximate surface area is 118 Å². The average Bonchev–Trinajstić information content (AvgIpc) is 2.40. The molecular formula is C14H12BrFN2O. The standard InChI is InChI=1S/C14H12BrFN2O/c15-11-5-6-12(16)13(7-11)18-8-9-1-3-10(4-2-9)14(17)19/h1-7,18H,8H2,(H2,17,19). The lowest BCUT2D eigenvalue weighted by Crippen LogP contribution is -2.10. The van der Waals surface area contributed by atoms with Gasteiger partial charge in [0.2, 0.25) is 5.91 Å². The van der Waals surface area contributed by atoms with Crippen LogP contribution in [-0.2, 0) is 6.54 Å². The van der Waals surface area contributed by atoms with Crippen molar-refractivity contribution in [2.24, 2.45) is 5.73 Å². The maximum Gasteiger partial charge on any atom is 0.248 e. The van der Waals surface area contributed by atoms with Crippen LogP contribution < -0.4 is 11.1 Å². The molecule has 0 fully saturated rings. The van der Waals surface area contributed by atoms with E-state index in [1.807, 2.05) is 0 Å². The fraction of sp³-hybridized carbons (Fsp3) is 0.0714. The lowest BCUT2D eigenvalue weighted by Gasteiger charge is -2.08. The monoisotopic (exact) mass is 322 g/mol. The number of benzene rings is 2. The number of rotatable bonds is 4. The molecule has 0 saturated carbocycles. The zero-order valence-corrected chi connectivity index (χ0v) is 11.6. The Morgan fingerprint density at radius 3 is 2.53 bits per heavy atom. The molecule has 3 N–H and O–H groups in total. The van der Waals surface area contributed by atoms with E-state index in [9.17, 15) is 9.18 Å². The molecule has 2 aromatic rings. The SMILES string of the molecule is NC(=O)c1ccc(CNc2cc(Br)ccc2F)cc1. The van der Waals surface area contributed by atoms with Gasteiger partial charge in [-0.3, -0.25) is 4.79 Å². The van der Waals surface area contributed by atoms with Crippen molar-refractivity contribution < 1.29 is 9.18 Å². The van der Waals surface area contributed by atoms with Gasteiger partial charge in [-0.25, -0.2) is 4.39 Å². The summed E-state index contributed by atoms with van der Waals surface area (Å²) in [5.74, 6) is -0.769. The molecule has 0 aliphatic rings. The maximum absolute atomic E-state index is 13.5. The van der Waals surface area contributed by atoms with Crippen molar-refractivity contribution in [2.75, 3.05) is 5.32 Å². The van der Waals surface area contributed by atoms with Crippen molar-refractivity contribution >= 4 is 27.5 Å². The number of primary amides is 1. The van der Waals surface area contributed by atoms with Crippen LogP contribution >= 0.6 is 15.9 Å². The first-order chi connectivity index (χ1) is 9.06. The van der Waals surface area contributed by atoms with Gasteiger partial charge in [-0.2, -0.15) is 0 Å². The number of nitrogens with one attached hydrogen (secondary N) is 1. The molecule has 5 heteroatoms. The number of carbonyl (C=O) groups excluding carboxylic acids is 1. The second-order valence-electron chi connectivity index (χ2n) is 4.04. The fourth-order valence-electron chi connectivity index (χ4n) is 1.62. The predicted octanol–water partition coefficient (Wildman–Crippen LogP) is 3.30. The minimum Gasteiger partial charge on any atom is -0.379 e. The molecule has 0 atom stereocenters. The van der Waals surface area contributed by atoms with Crippen molar-refractivity contribution in [3.63, 3.8) is 0 Å². The van der Waals surface area contributed by atoms with Gasteiger partial charge in [0.15, 0.2) is 0 Å². The molecule has 0 aromatic heterocycles. The summed E-state index contributed by atoms with van der Waals surface area (Å²) in [5, 5.41) is 3.00. The highest BCUT2D eigenvalue weighted by Crippen LogP contribution is 2.20. The van der Waals surface area contributed by atoms with E-state index in [0.717, 1.165) is 10.0 Å². The second-order valence-corrected chi connectivity index (χ2v) is 4.95. The molecule has 0 saturated heterocycles. The van der Waals surface area contributed by atoms with E-state index in [2.05, 4.69) is 21.2 Å². The molecule has 1 amide bonds. The highest BCUT2D eigenvalue weighted by atomic mass is 79.9. The van der Waals surface area contributed by atoms with Crippen molar-refractivity contribution in [2.45, 2.75) is 6.54 Å². The highest BCUT2D eigenvalue weighted by Gasteiger charge is 2.03. The summed E-state index contributed by atoms with van der Waals surface area (Å²) >= 11 is 3.29. The van der Waals surface area contributed by atoms with Crippen LogP contribution in [0.25, 0.3) is 0 Å².